The van der Waals surface area contributed by atoms with Crippen LogP contribution in [0.25, 0.3) is 0 Å². The fraction of sp³-hybridized carbons (Fsp3) is 0.929. The van der Waals surface area contributed by atoms with E-state index in [1.54, 1.807) is 0 Å². The van der Waals surface area contributed by atoms with Crippen molar-refractivity contribution in [3.05, 3.63) is 0 Å². The quantitative estimate of drug-likeness (QED) is 0.747. The first kappa shape index (κ1) is 14.5. The van der Waals surface area contributed by atoms with Gasteiger partial charge in [-0.15, -0.1) is 0 Å². The van der Waals surface area contributed by atoms with Gasteiger partial charge in [-0.1, -0.05) is 33.1 Å². The Morgan fingerprint density at radius 2 is 1.82 bits per heavy atom. The third kappa shape index (κ3) is 5.07. The number of nitrogens with one attached hydrogen (secondary N) is 2. The molecule has 0 heterocycles. The molecular weight excluding hydrogens is 212 g/mol. The largest absolute Gasteiger partial charge is 0.356 e. The van der Waals surface area contributed by atoms with E-state index in [9.17, 15) is 4.79 Å². The highest BCUT2D eigenvalue weighted by Gasteiger charge is 2.21. The monoisotopic (exact) mass is 240 g/mol. The molecular formula is C14H28N2O. The van der Waals surface area contributed by atoms with Crippen molar-refractivity contribution in [3.8, 4) is 0 Å². The van der Waals surface area contributed by atoms with Crippen molar-refractivity contribution in [2.45, 2.75) is 46.0 Å². The second-order valence-corrected chi connectivity index (χ2v) is 5.50. The second kappa shape index (κ2) is 7.70. The highest BCUT2D eigenvalue weighted by Crippen LogP contribution is 2.30. The van der Waals surface area contributed by atoms with Gasteiger partial charge in [-0.25, -0.2) is 0 Å². The Bertz CT molecular complexity index is 222. The lowest BCUT2D eigenvalue weighted by atomic mass is 9.81. The molecule has 2 N–H and O–H groups in total. The normalized spacial score (nSPS) is 26.5. The van der Waals surface area contributed by atoms with E-state index in [1.165, 1.54) is 32.1 Å². The van der Waals surface area contributed by atoms with Gasteiger partial charge in [-0.05, 0) is 31.7 Å². The summed E-state index contributed by atoms with van der Waals surface area (Å²) in [5.74, 6) is 1.91. The fourth-order valence-electron chi connectivity index (χ4n) is 2.66. The lowest BCUT2D eigenvalue weighted by Gasteiger charge is -2.28. The third-order valence-corrected chi connectivity index (χ3v) is 4.07. The standard InChI is InChI=1S/C14H28N2O/c1-4-12-5-7-13(8-6-12)10-16-14(17)11(2)9-15-3/h11-13,15H,4-10H2,1-3H3,(H,16,17). The van der Waals surface area contributed by atoms with E-state index in [0.29, 0.717) is 5.92 Å². The summed E-state index contributed by atoms with van der Waals surface area (Å²) >= 11 is 0. The lowest BCUT2D eigenvalue weighted by molar-refractivity contribution is -0.124. The summed E-state index contributed by atoms with van der Waals surface area (Å²) in [6.45, 7) is 5.89. The minimum absolute atomic E-state index is 0.0759. The van der Waals surface area contributed by atoms with Crippen LogP contribution in [0.3, 0.4) is 0 Å². The number of carbonyl (C=O) groups is 1. The molecule has 1 atom stereocenters. The van der Waals surface area contributed by atoms with E-state index in [-0.39, 0.29) is 11.8 Å². The van der Waals surface area contributed by atoms with Crippen molar-refractivity contribution in [2.24, 2.45) is 17.8 Å². The van der Waals surface area contributed by atoms with E-state index < -0.39 is 0 Å². The molecule has 1 unspecified atom stereocenters. The fourth-order valence-corrected chi connectivity index (χ4v) is 2.66. The molecule has 0 aromatic carbocycles. The Kier molecular flexibility index (Phi) is 6.56. The van der Waals surface area contributed by atoms with Crippen LogP contribution >= 0.6 is 0 Å². The zero-order valence-electron chi connectivity index (χ0n) is 11.6. The van der Waals surface area contributed by atoms with Crippen molar-refractivity contribution >= 4 is 5.91 Å². The molecule has 100 valence electrons. The van der Waals surface area contributed by atoms with Gasteiger partial charge >= 0.3 is 0 Å². The lowest BCUT2D eigenvalue weighted by Crippen LogP contribution is -2.37. The van der Waals surface area contributed by atoms with Crippen LogP contribution in [0.15, 0.2) is 0 Å². The average Bonchev–Trinajstić information content (AvgIpc) is 2.36. The predicted octanol–water partition coefficient (Wildman–Crippen LogP) is 2.17. The van der Waals surface area contributed by atoms with E-state index in [4.69, 9.17) is 0 Å². The Balaban J connectivity index is 2.16. The van der Waals surface area contributed by atoms with Crippen LogP contribution in [0.2, 0.25) is 0 Å². The van der Waals surface area contributed by atoms with E-state index in [1.807, 2.05) is 14.0 Å². The average molecular weight is 240 g/mol. The number of hydrogen-bond donors (Lipinski definition) is 2. The Morgan fingerprint density at radius 1 is 1.24 bits per heavy atom. The number of carbonyl (C=O) groups excluding carboxylic acids is 1. The van der Waals surface area contributed by atoms with Crippen LogP contribution in [0, 0.1) is 17.8 Å². The van der Waals surface area contributed by atoms with Crippen LogP contribution < -0.4 is 10.6 Å². The van der Waals surface area contributed by atoms with Crippen LogP contribution in [-0.4, -0.2) is 26.0 Å². The maximum atomic E-state index is 11.7. The highest BCUT2D eigenvalue weighted by molar-refractivity contribution is 5.78. The van der Waals surface area contributed by atoms with Crippen molar-refractivity contribution < 1.29 is 4.79 Å². The summed E-state index contributed by atoms with van der Waals surface area (Å²) in [7, 11) is 1.88. The van der Waals surface area contributed by atoms with Gasteiger partial charge in [0.05, 0.1) is 0 Å². The second-order valence-electron chi connectivity index (χ2n) is 5.50. The van der Waals surface area contributed by atoms with Crippen LogP contribution in [0.4, 0.5) is 0 Å². The van der Waals surface area contributed by atoms with Crippen LogP contribution in [0.1, 0.15) is 46.0 Å². The van der Waals surface area contributed by atoms with Gasteiger partial charge in [0.15, 0.2) is 0 Å². The maximum Gasteiger partial charge on any atom is 0.224 e. The van der Waals surface area contributed by atoms with Gasteiger partial charge in [-0.2, -0.15) is 0 Å². The Morgan fingerprint density at radius 3 is 2.35 bits per heavy atom. The van der Waals surface area contributed by atoms with E-state index in [0.717, 1.165) is 19.0 Å². The van der Waals surface area contributed by atoms with Crippen molar-refractivity contribution in [3.63, 3.8) is 0 Å². The first-order valence-corrected chi connectivity index (χ1v) is 7.09. The van der Waals surface area contributed by atoms with Gasteiger partial charge in [-0.3, -0.25) is 4.79 Å². The summed E-state index contributed by atoms with van der Waals surface area (Å²) < 4.78 is 0. The van der Waals surface area contributed by atoms with Crippen molar-refractivity contribution in [1.29, 1.82) is 0 Å². The van der Waals surface area contributed by atoms with E-state index in [2.05, 4.69) is 17.6 Å². The molecule has 1 fully saturated rings. The molecule has 1 aliphatic carbocycles. The molecule has 0 bridgehead atoms. The molecule has 3 nitrogen and oxygen atoms in total. The molecule has 3 heteroatoms. The summed E-state index contributed by atoms with van der Waals surface area (Å²) in [6, 6.07) is 0. The zero-order chi connectivity index (χ0) is 12.7. The van der Waals surface area contributed by atoms with Crippen molar-refractivity contribution in [2.75, 3.05) is 20.1 Å². The molecule has 1 amide bonds. The summed E-state index contributed by atoms with van der Waals surface area (Å²) in [5.41, 5.74) is 0. The predicted molar refractivity (Wildman–Crippen MR) is 71.8 cm³/mol. The maximum absolute atomic E-state index is 11.7. The van der Waals surface area contributed by atoms with Crippen molar-refractivity contribution in [1.82, 2.24) is 10.6 Å². The van der Waals surface area contributed by atoms with Gasteiger partial charge in [0.1, 0.15) is 0 Å². The molecule has 0 aromatic heterocycles. The van der Waals surface area contributed by atoms with Gasteiger partial charge in [0.25, 0.3) is 0 Å². The van der Waals surface area contributed by atoms with Gasteiger partial charge < -0.3 is 10.6 Å². The minimum Gasteiger partial charge on any atom is -0.356 e. The van der Waals surface area contributed by atoms with Gasteiger partial charge in [0.2, 0.25) is 5.91 Å². The van der Waals surface area contributed by atoms with Crippen LogP contribution in [-0.2, 0) is 4.79 Å². The summed E-state index contributed by atoms with van der Waals surface area (Å²) in [4.78, 5) is 11.7. The highest BCUT2D eigenvalue weighted by atomic mass is 16.1. The third-order valence-electron chi connectivity index (χ3n) is 4.07. The molecule has 17 heavy (non-hydrogen) atoms. The minimum atomic E-state index is 0.0759. The molecule has 0 aromatic rings. The van der Waals surface area contributed by atoms with E-state index >= 15 is 0 Å². The molecule has 1 saturated carbocycles. The zero-order valence-corrected chi connectivity index (χ0v) is 11.6. The number of amides is 1. The number of rotatable bonds is 6. The molecule has 0 radical (unpaired) electrons. The molecule has 1 rings (SSSR count). The molecule has 0 spiro atoms. The Labute approximate surface area is 106 Å². The molecule has 1 aliphatic rings. The molecule has 0 aliphatic heterocycles. The summed E-state index contributed by atoms with van der Waals surface area (Å²) in [6.07, 6.45) is 6.60. The van der Waals surface area contributed by atoms with Gasteiger partial charge in [0, 0.05) is 19.0 Å². The van der Waals surface area contributed by atoms with Crippen LogP contribution in [0.5, 0.6) is 0 Å². The Hall–Kier alpha value is -0.570. The first-order chi connectivity index (χ1) is 8.17. The topological polar surface area (TPSA) is 41.1 Å². The molecule has 0 saturated heterocycles. The smallest absolute Gasteiger partial charge is 0.224 e. The number of hydrogen-bond acceptors (Lipinski definition) is 2. The first-order valence-electron chi connectivity index (χ1n) is 7.09. The summed E-state index contributed by atoms with van der Waals surface area (Å²) in [5, 5.41) is 6.13. The SMILES string of the molecule is CCC1CCC(CNC(=O)C(C)CNC)CC1.